The van der Waals surface area contributed by atoms with Gasteiger partial charge in [-0.15, -0.1) is 11.8 Å². The molecule has 3 nitrogen and oxygen atoms in total. The van der Waals surface area contributed by atoms with Crippen LogP contribution in [0.2, 0.25) is 0 Å². The van der Waals surface area contributed by atoms with Crippen LogP contribution in [0.25, 0.3) is 0 Å². The van der Waals surface area contributed by atoms with E-state index in [4.69, 9.17) is 0 Å². The third kappa shape index (κ3) is 3.90. The van der Waals surface area contributed by atoms with Gasteiger partial charge in [0.2, 0.25) is 0 Å². The largest absolute Gasteiger partial charge is 0.380 e. The summed E-state index contributed by atoms with van der Waals surface area (Å²) in [5.41, 5.74) is 2.27. The maximum atomic E-state index is 11.6. The molecule has 0 spiro atoms. The van der Waals surface area contributed by atoms with Crippen LogP contribution in [0.1, 0.15) is 18.9 Å². The van der Waals surface area contributed by atoms with Crippen molar-refractivity contribution in [3.05, 3.63) is 58.5 Å². The van der Waals surface area contributed by atoms with Gasteiger partial charge in [0.15, 0.2) is 0 Å². The first-order valence-electron chi connectivity index (χ1n) is 6.80. The number of thioether (sulfide) groups is 1. The molecule has 0 aliphatic carbocycles. The molecule has 0 fully saturated rings. The molecule has 4 heteroatoms. The third-order valence-electron chi connectivity index (χ3n) is 3.10. The fraction of sp³-hybridized carbons (Fsp3) is 0.312. The Morgan fingerprint density at radius 3 is 2.55 bits per heavy atom. The minimum Gasteiger partial charge on any atom is -0.380 e. The highest BCUT2D eigenvalue weighted by molar-refractivity contribution is 7.98. The SMILES string of the molecule is CCCn1cc(NCc2ccc(SC)cc2)ccc1=O. The molecule has 0 unspecified atom stereocenters. The van der Waals surface area contributed by atoms with E-state index in [2.05, 4.69) is 42.8 Å². The lowest BCUT2D eigenvalue weighted by Gasteiger charge is -2.10. The molecule has 20 heavy (non-hydrogen) atoms. The van der Waals surface area contributed by atoms with Crippen molar-refractivity contribution in [2.45, 2.75) is 31.3 Å². The molecule has 0 atom stereocenters. The van der Waals surface area contributed by atoms with Crippen LogP contribution in [0.4, 0.5) is 5.69 Å². The first kappa shape index (κ1) is 14.7. The van der Waals surface area contributed by atoms with Crippen LogP contribution in [0.5, 0.6) is 0 Å². The highest BCUT2D eigenvalue weighted by Gasteiger charge is 1.99. The Balaban J connectivity index is 2.02. The van der Waals surface area contributed by atoms with Crippen molar-refractivity contribution in [2.24, 2.45) is 0 Å². The van der Waals surface area contributed by atoms with Crippen LogP contribution in [-0.2, 0) is 13.1 Å². The lowest BCUT2D eigenvalue weighted by molar-refractivity contribution is 0.655. The van der Waals surface area contributed by atoms with Crippen molar-refractivity contribution in [3.63, 3.8) is 0 Å². The molecule has 1 aromatic carbocycles. The summed E-state index contributed by atoms with van der Waals surface area (Å²) >= 11 is 1.74. The van der Waals surface area contributed by atoms with E-state index >= 15 is 0 Å². The molecule has 1 aromatic heterocycles. The number of pyridine rings is 1. The highest BCUT2D eigenvalue weighted by atomic mass is 32.2. The van der Waals surface area contributed by atoms with E-state index in [1.165, 1.54) is 10.5 Å². The lowest BCUT2D eigenvalue weighted by Crippen LogP contribution is -2.18. The number of benzene rings is 1. The number of rotatable bonds is 6. The van der Waals surface area contributed by atoms with Gasteiger partial charge in [-0.05, 0) is 36.4 Å². The molecule has 0 bridgehead atoms. The summed E-state index contributed by atoms with van der Waals surface area (Å²) in [6, 6.07) is 12.0. The van der Waals surface area contributed by atoms with Crippen LogP contribution in [0, 0.1) is 0 Å². The van der Waals surface area contributed by atoms with Crippen LogP contribution in [-0.4, -0.2) is 10.8 Å². The summed E-state index contributed by atoms with van der Waals surface area (Å²) < 4.78 is 1.75. The van der Waals surface area contributed by atoms with Gasteiger partial charge in [-0.25, -0.2) is 0 Å². The van der Waals surface area contributed by atoms with Crippen LogP contribution in [0.15, 0.2) is 52.3 Å². The fourth-order valence-electron chi connectivity index (χ4n) is 2.00. The average Bonchev–Trinajstić information content (AvgIpc) is 2.49. The van der Waals surface area contributed by atoms with Gasteiger partial charge in [0.25, 0.3) is 5.56 Å². The van der Waals surface area contributed by atoms with Gasteiger partial charge >= 0.3 is 0 Å². The molecule has 0 radical (unpaired) electrons. The van der Waals surface area contributed by atoms with E-state index in [9.17, 15) is 4.79 Å². The minimum absolute atomic E-state index is 0.0572. The molecule has 0 aliphatic heterocycles. The van der Waals surface area contributed by atoms with Crippen molar-refractivity contribution in [1.29, 1.82) is 0 Å². The van der Waals surface area contributed by atoms with Gasteiger partial charge in [0.1, 0.15) is 0 Å². The molecule has 0 saturated carbocycles. The van der Waals surface area contributed by atoms with Gasteiger partial charge in [0, 0.05) is 30.2 Å². The Labute approximate surface area is 124 Å². The number of hydrogen-bond acceptors (Lipinski definition) is 3. The van der Waals surface area contributed by atoms with Crippen molar-refractivity contribution in [2.75, 3.05) is 11.6 Å². The molecule has 2 rings (SSSR count). The van der Waals surface area contributed by atoms with E-state index in [-0.39, 0.29) is 5.56 Å². The monoisotopic (exact) mass is 288 g/mol. The predicted octanol–water partition coefficient (Wildman–Crippen LogP) is 3.59. The second-order valence-corrected chi connectivity index (χ2v) is 5.53. The van der Waals surface area contributed by atoms with Crippen LogP contribution >= 0.6 is 11.8 Å². The number of anilines is 1. The summed E-state index contributed by atoms with van der Waals surface area (Å²) in [4.78, 5) is 12.9. The summed E-state index contributed by atoms with van der Waals surface area (Å²) in [6.45, 7) is 3.59. The van der Waals surface area contributed by atoms with Gasteiger partial charge < -0.3 is 9.88 Å². The Morgan fingerprint density at radius 1 is 1.15 bits per heavy atom. The topological polar surface area (TPSA) is 34.0 Å². The third-order valence-corrected chi connectivity index (χ3v) is 3.85. The fourth-order valence-corrected chi connectivity index (χ4v) is 2.41. The van der Waals surface area contributed by atoms with Crippen molar-refractivity contribution >= 4 is 17.4 Å². The second kappa shape index (κ2) is 7.20. The second-order valence-electron chi connectivity index (χ2n) is 4.65. The molecule has 2 aromatic rings. The zero-order chi connectivity index (χ0) is 14.4. The van der Waals surface area contributed by atoms with E-state index in [0.29, 0.717) is 0 Å². The summed E-state index contributed by atoms with van der Waals surface area (Å²) in [7, 11) is 0. The number of hydrogen-bond donors (Lipinski definition) is 1. The number of aryl methyl sites for hydroxylation is 1. The Morgan fingerprint density at radius 2 is 1.90 bits per heavy atom. The molecule has 106 valence electrons. The normalized spacial score (nSPS) is 10.5. The predicted molar refractivity (Wildman–Crippen MR) is 86.5 cm³/mol. The molecule has 1 N–H and O–H groups in total. The molecule has 1 heterocycles. The van der Waals surface area contributed by atoms with Gasteiger partial charge in [0.05, 0.1) is 5.69 Å². The molecule has 0 saturated heterocycles. The Hall–Kier alpha value is -1.68. The minimum atomic E-state index is 0.0572. The number of nitrogens with zero attached hydrogens (tertiary/aromatic N) is 1. The standard InChI is InChI=1S/C16H20N2OS/c1-3-10-18-12-14(6-9-16(18)19)17-11-13-4-7-15(20-2)8-5-13/h4-9,12,17H,3,10-11H2,1-2H3. The van der Waals surface area contributed by atoms with Gasteiger partial charge in [-0.2, -0.15) is 0 Å². The Kier molecular flexibility index (Phi) is 5.30. The smallest absolute Gasteiger partial charge is 0.250 e. The average molecular weight is 288 g/mol. The maximum Gasteiger partial charge on any atom is 0.250 e. The van der Waals surface area contributed by atoms with E-state index in [0.717, 1.165) is 25.2 Å². The van der Waals surface area contributed by atoms with Crippen molar-refractivity contribution in [1.82, 2.24) is 4.57 Å². The molecular formula is C16H20N2OS. The van der Waals surface area contributed by atoms with Crippen LogP contribution in [0.3, 0.4) is 0 Å². The summed E-state index contributed by atoms with van der Waals surface area (Å²) in [6.07, 6.45) is 4.92. The number of nitrogens with one attached hydrogen (secondary N) is 1. The number of aromatic nitrogens is 1. The highest BCUT2D eigenvalue weighted by Crippen LogP contribution is 2.15. The van der Waals surface area contributed by atoms with E-state index in [1.54, 1.807) is 22.4 Å². The van der Waals surface area contributed by atoms with Crippen molar-refractivity contribution in [3.8, 4) is 0 Å². The molecule has 0 aliphatic rings. The Bertz CT molecular complexity index is 605. The lowest BCUT2D eigenvalue weighted by atomic mass is 10.2. The zero-order valence-corrected chi connectivity index (χ0v) is 12.7. The van der Waals surface area contributed by atoms with Crippen molar-refractivity contribution < 1.29 is 0 Å². The first-order chi connectivity index (χ1) is 9.72. The van der Waals surface area contributed by atoms with E-state index in [1.807, 2.05) is 12.3 Å². The summed E-state index contributed by atoms with van der Waals surface area (Å²) in [5, 5.41) is 3.36. The van der Waals surface area contributed by atoms with Crippen LogP contribution < -0.4 is 10.9 Å². The van der Waals surface area contributed by atoms with Gasteiger partial charge in [-0.1, -0.05) is 19.1 Å². The summed E-state index contributed by atoms with van der Waals surface area (Å²) in [5.74, 6) is 0. The molecular weight excluding hydrogens is 268 g/mol. The first-order valence-corrected chi connectivity index (χ1v) is 8.02. The maximum absolute atomic E-state index is 11.6. The quantitative estimate of drug-likeness (QED) is 0.825. The van der Waals surface area contributed by atoms with E-state index < -0.39 is 0 Å². The van der Waals surface area contributed by atoms with Gasteiger partial charge in [-0.3, -0.25) is 4.79 Å². The zero-order valence-electron chi connectivity index (χ0n) is 11.9. The molecule has 0 amide bonds.